The molecule has 0 aliphatic heterocycles. The van der Waals surface area contributed by atoms with Crippen LogP contribution in [0.1, 0.15) is 5.56 Å². The summed E-state index contributed by atoms with van der Waals surface area (Å²) in [4.78, 5) is 10.9. The van der Waals surface area contributed by atoms with Gasteiger partial charge in [0.15, 0.2) is 6.79 Å². The van der Waals surface area contributed by atoms with Crippen molar-refractivity contribution in [2.24, 2.45) is 0 Å². The molecule has 1 aromatic rings. The lowest BCUT2D eigenvalue weighted by Gasteiger charge is -2.04. The summed E-state index contributed by atoms with van der Waals surface area (Å²) in [5, 5.41) is 0. The molecule has 0 aromatic heterocycles. The van der Waals surface area contributed by atoms with Gasteiger partial charge in [-0.15, -0.1) is 0 Å². The Bertz CT molecular complexity index is 371. The Balaban J connectivity index is 2.66. The maximum absolute atomic E-state index is 10.9. The maximum atomic E-state index is 10.9. The summed E-state index contributed by atoms with van der Waals surface area (Å²) in [6.07, 6.45) is 3.01. The van der Waals surface area contributed by atoms with Crippen molar-refractivity contribution in [1.29, 1.82) is 0 Å². The van der Waals surface area contributed by atoms with Crippen LogP contribution in [0.5, 0.6) is 5.75 Å². The van der Waals surface area contributed by atoms with Crippen LogP contribution in [0.25, 0.3) is 6.08 Å². The molecule has 0 atom stereocenters. The van der Waals surface area contributed by atoms with Crippen molar-refractivity contribution in [3.63, 3.8) is 0 Å². The van der Waals surface area contributed by atoms with Gasteiger partial charge in [-0.2, -0.15) is 0 Å². The predicted molar refractivity (Wildman–Crippen MR) is 60.0 cm³/mol. The molecule has 0 unspecified atom stereocenters. The van der Waals surface area contributed by atoms with Crippen LogP contribution in [-0.2, 0) is 14.3 Å². The van der Waals surface area contributed by atoms with Crippen molar-refractivity contribution in [2.45, 2.75) is 0 Å². The monoisotopic (exact) mass is 222 g/mol. The van der Waals surface area contributed by atoms with Crippen molar-refractivity contribution in [3.8, 4) is 5.75 Å². The lowest BCUT2D eigenvalue weighted by Crippen LogP contribution is -1.98. The van der Waals surface area contributed by atoms with Crippen molar-refractivity contribution in [1.82, 2.24) is 0 Å². The Hall–Kier alpha value is -1.81. The Morgan fingerprint density at radius 2 is 2.19 bits per heavy atom. The van der Waals surface area contributed by atoms with Gasteiger partial charge in [-0.25, -0.2) is 4.79 Å². The van der Waals surface area contributed by atoms with Gasteiger partial charge in [0.05, 0.1) is 7.11 Å². The summed E-state index contributed by atoms with van der Waals surface area (Å²) in [5.74, 6) is 0.303. The van der Waals surface area contributed by atoms with E-state index in [0.29, 0.717) is 5.75 Å². The summed E-state index contributed by atoms with van der Waals surface area (Å²) in [5.41, 5.74) is 0.860. The first kappa shape index (κ1) is 12.3. The second-order valence-corrected chi connectivity index (χ2v) is 2.98. The van der Waals surface area contributed by atoms with E-state index in [1.54, 1.807) is 19.3 Å². The third kappa shape index (κ3) is 4.14. The molecule has 0 bridgehead atoms. The van der Waals surface area contributed by atoms with E-state index in [1.165, 1.54) is 13.2 Å². The van der Waals surface area contributed by atoms with Crippen LogP contribution in [0, 0.1) is 0 Å². The molecule has 0 aliphatic carbocycles. The summed E-state index contributed by atoms with van der Waals surface area (Å²) in [6.45, 7) is 0.199. The number of benzene rings is 1. The Labute approximate surface area is 94.4 Å². The highest BCUT2D eigenvalue weighted by atomic mass is 16.7. The molecule has 1 rings (SSSR count). The van der Waals surface area contributed by atoms with Crippen LogP contribution in [-0.4, -0.2) is 27.0 Å². The number of carbonyl (C=O) groups excluding carboxylic acids is 1. The predicted octanol–water partition coefficient (Wildman–Crippen LogP) is 1.86. The normalized spacial score (nSPS) is 10.4. The van der Waals surface area contributed by atoms with Crippen molar-refractivity contribution >= 4 is 12.0 Å². The van der Waals surface area contributed by atoms with Gasteiger partial charge in [-0.05, 0) is 23.8 Å². The standard InChI is InChI=1S/C12H14O4/c1-14-9-16-11-5-3-4-10(8-11)6-7-12(13)15-2/h3-8H,9H2,1-2H3/b7-6+. The molecule has 0 saturated heterocycles. The molecule has 4 heteroatoms. The second kappa shape index (κ2) is 6.63. The number of hydrogen-bond acceptors (Lipinski definition) is 4. The van der Waals surface area contributed by atoms with Crippen molar-refractivity contribution < 1.29 is 19.0 Å². The zero-order valence-electron chi connectivity index (χ0n) is 9.30. The quantitative estimate of drug-likeness (QED) is 0.433. The van der Waals surface area contributed by atoms with Crippen LogP contribution in [0.4, 0.5) is 0 Å². The topological polar surface area (TPSA) is 44.8 Å². The minimum atomic E-state index is -0.386. The molecule has 0 aliphatic rings. The van der Waals surface area contributed by atoms with Gasteiger partial charge in [0.25, 0.3) is 0 Å². The fourth-order valence-electron chi connectivity index (χ4n) is 1.07. The summed E-state index contributed by atoms with van der Waals surface area (Å²) in [7, 11) is 2.89. The number of rotatable bonds is 5. The number of esters is 1. The first-order chi connectivity index (χ1) is 7.76. The number of carbonyl (C=O) groups is 1. The average molecular weight is 222 g/mol. The molecule has 0 amide bonds. The van der Waals surface area contributed by atoms with Crippen LogP contribution in [0.15, 0.2) is 30.3 Å². The molecule has 0 fully saturated rings. The lowest BCUT2D eigenvalue weighted by molar-refractivity contribution is -0.134. The molecule has 0 heterocycles. The maximum Gasteiger partial charge on any atom is 0.330 e. The van der Waals surface area contributed by atoms with Crippen LogP contribution < -0.4 is 4.74 Å². The summed E-state index contributed by atoms with van der Waals surface area (Å²) >= 11 is 0. The molecule has 1 aromatic carbocycles. The van der Waals surface area contributed by atoms with Gasteiger partial charge < -0.3 is 14.2 Å². The molecule has 0 saturated carbocycles. The first-order valence-corrected chi connectivity index (χ1v) is 4.74. The Morgan fingerprint density at radius 3 is 2.88 bits per heavy atom. The SMILES string of the molecule is COCOc1cccc(/C=C/C(=O)OC)c1. The minimum Gasteiger partial charge on any atom is -0.468 e. The highest BCUT2D eigenvalue weighted by Crippen LogP contribution is 2.14. The highest BCUT2D eigenvalue weighted by molar-refractivity contribution is 5.86. The van der Waals surface area contributed by atoms with Crippen molar-refractivity contribution in [3.05, 3.63) is 35.9 Å². The van der Waals surface area contributed by atoms with E-state index in [4.69, 9.17) is 9.47 Å². The highest BCUT2D eigenvalue weighted by Gasteiger charge is 1.95. The third-order valence-corrected chi connectivity index (χ3v) is 1.81. The molecular formula is C12H14O4. The Morgan fingerprint density at radius 1 is 1.38 bits per heavy atom. The fraction of sp³-hybridized carbons (Fsp3) is 0.250. The third-order valence-electron chi connectivity index (χ3n) is 1.81. The van der Waals surface area contributed by atoms with E-state index in [2.05, 4.69) is 4.74 Å². The fourth-order valence-corrected chi connectivity index (χ4v) is 1.07. The van der Waals surface area contributed by atoms with Crippen LogP contribution in [0.3, 0.4) is 0 Å². The van der Waals surface area contributed by atoms with Gasteiger partial charge >= 0.3 is 5.97 Å². The van der Waals surface area contributed by atoms with Crippen molar-refractivity contribution in [2.75, 3.05) is 21.0 Å². The second-order valence-electron chi connectivity index (χ2n) is 2.98. The summed E-state index contributed by atoms with van der Waals surface area (Å²) < 4.78 is 14.5. The average Bonchev–Trinajstić information content (AvgIpc) is 2.34. The van der Waals surface area contributed by atoms with Gasteiger partial charge in [-0.3, -0.25) is 0 Å². The van der Waals surface area contributed by atoms with E-state index < -0.39 is 0 Å². The number of hydrogen-bond donors (Lipinski definition) is 0. The molecule has 0 N–H and O–H groups in total. The summed E-state index contributed by atoms with van der Waals surface area (Å²) in [6, 6.07) is 7.31. The van der Waals surface area contributed by atoms with Gasteiger partial charge in [0.1, 0.15) is 5.75 Å². The minimum absolute atomic E-state index is 0.199. The molecule has 86 valence electrons. The molecule has 0 radical (unpaired) electrons. The molecule has 4 nitrogen and oxygen atoms in total. The van der Waals surface area contributed by atoms with Gasteiger partial charge in [-0.1, -0.05) is 12.1 Å². The molecular weight excluding hydrogens is 208 g/mol. The number of methoxy groups -OCH3 is 2. The molecule has 0 spiro atoms. The van der Waals surface area contributed by atoms with E-state index >= 15 is 0 Å². The zero-order chi connectivity index (χ0) is 11.8. The smallest absolute Gasteiger partial charge is 0.330 e. The van der Waals surface area contributed by atoms with Crippen LogP contribution >= 0.6 is 0 Å². The zero-order valence-corrected chi connectivity index (χ0v) is 9.30. The van der Waals surface area contributed by atoms with E-state index in [0.717, 1.165) is 5.56 Å². The van der Waals surface area contributed by atoms with Gasteiger partial charge in [0.2, 0.25) is 0 Å². The number of ether oxygens (including phenoxy) is 3. The van der Waals surface area contributed by atoms with E-state index in [-0.39, 0.29) is 12.8 Å². The molecule has 16 heavy (non-hydrogen) atoms. The van der Waals surface area contributed by atoms with E-state index in [1.807, 2.05) is 18.2 Å². The Kier molecular flexibility index (Phi) is 5.08. The van der Waals surface area contributed by atoms with E-state index in [9.17, 15) is 4.79 Å². The lowest BCUT2D eigenvalue weighted by atomic mass is 10.2. The first-order valence-electron chi connectivity index (χ1n) is 4.74. The van der Waals surface area contributed by atoms with Crippen LogP contribution in [0.2, 0.25) is 0 Å². The largest absolute Gasteiger partial charge is 0.468 e. The van der Waals surface area contributed by atoms with Gasteiger partial charge in [0, 0.05) is 13.2 Å².